The van der Waals surface area contributed by atoms with Gasteiger partial charge in [-0.1, -0.05) is 6.07 Å². The van der Waals surface area contributed by atoms with Crippen molar-refractivity contribution in [3.8, 4) is 0 Å². The van der Waals surface area contributed by atoms with Gasteiger partial charge in [-0.2, -0.15) is 8.70 Å². The lowest BCUT2D eigenvalue weighted by atomic mass is 10.3. The summed E-state index contributed by atoms with van der Waals surface area (Å²) in [6, 6.07) is 6.11. The largest absolute Gasteiger partial charge is 0.306 e. The van der Waals surface area contributed by atoms with E-state index in [2.05, 4.69) is 0 Å². The van der Waals surface area contributed by atoms with Crippen molar-refractivity contribution >= 4 is 27.0 Å². The first kappa shape index (κ1) is 15.5. The van der Waals surface area contributed by atoms with E-state index in [0.717, 1.165) is 27.4 Å². The molecule has 1 heterocycles. The lowest BCUT2D eigenvalue weighted by molar-refractivity contribution is -0.387. The molecule has 0 aliphatic rings. The minimum Gasteiger partial charge on any atom is -0.258 e. The Bertz CT molecular complexity index is 760. The third-order valence-corrected chi connectivity index (χ3v) is 5.44. The van der Waals surface area contributed by atoms with Gasteiger partial charge in [0.2, 0.25) is 15.8 Å². The van der Waals surface area contributed by atoms with Crippen LogP contribution in [-0.4, -0.2) is 24.7 Å². The van der Waals surface area contributed by atoms with E-state index in [0.29, 0.717) is 0 Å². The highest BCUT2D eigenvalue weighted by atomic mass is 32.2. The van der Waals surface area contributed by atoms with Crippen LogP contribution in [0.25, 0.3) is 0 Å². The Morgan fingerprint density at radius 3 is 2.67 bits per heavy atom. The van der Waals surface area contributed by atoms with E-state index in [1.54, 1.807) is 12.1 Å². The van der Waals surface area contributed by atoms with Crippen LogP contribution in [0.4, 0.5) is 10.1 Å². The van der Waals surface area contributed by atoms with Crippen molar-refractivity contribution < 1.29 is 17.7 Å². The van der Waals surface area contributed by atoms with Crippen molar-refractivity contribution in [2.45, 2.75) is 11.4 Å². The molecule has 0 saturated carbocycles. The van der Waals surface area contributed by atoms with E-state index in [1.807, 2.05) is 5.38 Å². The van der Waals surface area contributed by atoms with E-state index in [9.17, 15) is 22.9 Å². The molecule has 0 saturated heterocycles. The summed E-state index contributed by atoms with van der Waals surface area (Å²) in [5.41, 5.74) is -0.861. The number of benzene rings is 1. The van der Waals surface area contributed by atoms with Gasteiger partial charge in [0.15, 0.2) is 0 Å². The summed E-state index contributed by atoms with van der Waals surface area (Å²) in [7, 11) is -2.55. The molecule has 0 spiro atoms. The molecule has 2 aromatic rings. The SMILES string of the molecule is CN(Cc1cccs1)S(=O)(=O)c1ccc(F)c([N+](=O)[O-])c1. The molecule has 0 aliphatic carbocycles. The minimum atomic E-state index is -3.92. The Hall–Kier alpha value is -1.84. The Morgan fingerprint density at radius 1 is 1.38 bits per heavy atom. The molecule has 0 unspecified atom stereocenters. The normalized spacial score (nSPS) is 11.8. The number of thiophene rings is 1. The molecule has 1 aromatic heterocycles. The second kappa shape index (κ2) is 5.88. The van der Waals surface area contributed by atoms with Crippen molar-refractivity contribution in [2.75, 3.05) is 7.05 Å². The van der Waals surface area contributed by atoms with Gasteiger partial charge in [0.25, 0.3) is 0 Å². The van der Waals surface area contributed by atoms with Gasteiger partial charge in [-0.3, -0.25) is 10.1 Å². The summed E-state index contributed by atoms with van der Waals surface area (Å²) < 4.78 is 39.0. The fraction of sp³-hybridized carbons (Fsp3) is 0.167. The topological polar surface area (TPSA) is 80.5 Å². The number of hydrogen-bond donors (Lipinski definition) is 0. The van der Waals surface area contributed by atoms with Gasteiger partial charge in [0.1, 0.15) is 0 Å². The van der Waals surface area contributed by atoms with Gasteiger partial charge in [-0.15, -0.1) is 11.3 Å². The number of nitro benzene ring substituents is 1. The maximum atomic E-state index is 13.3. The first-order valence-electron chi connectivity index (χ1n) is 5.75. The van der Waals surface area contributed by atoms with Crippen LogP contribution in [0.15, 0.2) is 40.6 Å². The second-order valence-corrected chi connectivity index (χ2v) is 7.29. The molecule has 6 nitrogen and oxygen atoms in total. The van der Waals surface area contributed by atoms with Gasteiger partial charge in [0.05, 0.1) is 9.82 Å². The van der Waals surface area contributed by atoms with Crippen molar-refractivity contribution in [3.63, 3.8) is 0 Å². The summed E-state index contributed by atoms with van der Waals surface area (Å²) >= 11 is 1.40. The van der Waals surface area contributed by atoms with E-state index in [-0.39, 0.29) is 11.4 Å². The van der Waals surface area contributed by atoms with Crippen molar-refractivity contribution in [2.24, 2.45) is 0 Å². The van der Waals surface area contributed by atoms with Crippen LogP contribution in [0.5, 0.6) is 0 Å². The molecule has 0 bridgehead atoms. The fourth-order valence-electron chi connectivity index (χ4n) is 1.68. The molecule has 9 heteroatoms. The number of nitrogens with zero attached hydrogens (tertiary/aromatic N) is 2. The van der Waals surface area contributed by atoms with Crippen LogP contribution in [0.3, 0.4) is 0 Å². The van der Waals surface area contributed by atoms with Crippen LogP contribution in [0.2, 0.25) is 0 Å². The number of rotatable bonds is 5. The highest BCUT2D eigenvalue weighted by Crippen LogP contribution is 2.24. The maximum absolute atomic E-state index is 13.3. The molecule has 1 aromatic carbocycles. The summed E-state index contributed by atoms with van der Waals surface area (Å²) in [5.74, 6) is -1.07. The molecule has 112 valence electrons. The van der Waals surface area contributed by atoms with Crippen molar-refractivity contribution in [1.29, 1.82) is 0 Å². The lowest BCUT2D eigenvalue weighted by Crippen LogP contribution is -2.26. The van der Waals surface area contributed by atoms with E-state index < -0.39 is 26.5 Å². The third kappa shape index (κ3) is 3.26. The highest BCUT2D eigenvalue weighted by Gasteiger charge is 2.25. The molecule has 21 heavy (non-hydrogen) atoms. The standard InChI is InChI=1S/C12H11FN2O4S2/c1-14(8-9-3-2-6-20-9)21(18,19)10-4-5-11(13)12(7-10)15(16)17/h2-7H,8H2,1H3. The average molecular weight is 330 g/mol. The molecule has 0 radical (unpaired) electrons. The van der Waals surface area contributed by atoms with E-state index in [4.69, 9.17) is 0 Å². The molecule has 0 N–H and O–H groups in total. The van der Waals surface area contributed by atoms with Crippen LogP contribution in [0.1, 0.15) is 4.88 Å². The summed E-state index contributed by atoms with van der Waals surface area (Å²) in [4.78, 5) is 10.3. The lowest BCUT2D eigenvalue weighted by Gasteiger charge is -2.16. The van der Waals surface area contributed by atoms with E-state index >= 15 is 0 Å². The summed E-state index contributed by atoms with van der Waals surface area (Å²) in [6.45, 7) is 0.144. The molecular formula is C12H11FN2O4S2. The molecule has 0 atom stereocenters. The first-order chi connectivity index (χ1) is 9.82. The van der Waals surface area contributed by atoms with Gasteiger partial charge in [-0.25, -0.2) is 8.42 Å². The Morgan fingerprint density at radius 2 is 2.10 bits per heavy atom. The first-order valence-corrected chi connectivity index (χ1v) is 8.07. The Kier molecular flexibility index (Phi) is 4.35. The van der Waals surface area contributed by atoms with Gasteiger partial charge in [0, 0.05) is 24.5 Å². The van der Waals surface area contributed by atoms with Gasteiger partial charge in [-0.05, 0) is 23.6 Å². The number of nitro groups is 1. The molecular weight excluding hydrogens is 319 g/mol. The Labute approximate surface area is 124 Å². The van der Waals surface area contributed by atoms with Crippen molar-refractivity contribution in [3.05, 3.63) is 56.5 Å². The van der Waals surface area contributed by atoms with Crippen LogP contribution >= 0.6 is 11.3 Å². The predicted molar refractivity (Wildman–Crippen MR) is 76.0 cm³/mol. The molecule has 0 amide bonds. The third-order valence-electron chi connectivity index (χ3n) is 2.78. The number of halogens is 1. The molecule has 0 aliphatic heterocycles. The second-order valence-electron chi connectivity index (χ2n) is 4.21. The average Bonchev–Trinajstić information content (AvgIpc) is 2.91. The number of hydrogen-bond acceptors (Lipinski definition) is 5. The molecule has 0 fully saturated rings. The van der Waals surface area contributed by atoms with E-state index in [1.165, 1.54) is 18.4 Å². The van der Waals surface area contributed by atoms with Gasteiger partial charge < -0.3 is 0 Å². The minimum absolute atomic E-state index is 0.144. The summed E-state index contributed by atoms with van der Waals surface area (Å²) in [6.07, 6.45) is 0. The monoisotopic (exact) mass is 330 g/mol. The fourth-order valence-corrected chi connectivity index (χ4v) is 3.69. The smallest absolute Gasteiger partial charge is 0.258 e. The maximum Gasteiger partial charge on any atom is 0.306 e. The quantitative estimate of drug-likeness (QED) is 0.623. The zero-order valence-corrected chi connectivity index (χ0v) is 12.5. The van der Waals surface area contributed by atoms with Gasteiger partial charge >= 0.3 is 5.69 Å². The molecule has 2 rings (SSSR count). The summed E-state index contributed by atoms with van der Waals surface area (Å²) in [5, 5.41) is 12.5. The van der Waals surface area contributed by atoms with Crippen molar-refractivity contribution in [1.82, 2.24) is 4.31 Å². The number of sulfonamides is 1. The Balaban J connectivity index is 2.35. The van der Waals surface area contributed by atoms with Crippen LogP contribution in [0, 0.1) is 15.9 Å². The zero-order chi connectivity index (χ0) is 15.6. The zero-order valence-electron chi connectivity index (χ0n) is 10.9. The van der Waals surface area contributed by atoms with Crippen LogP contribution < -0.4 is 0 Å². The van der Waals surface area contributed by atoms with Crippen LogP contribution in [-0.2, 0) is 16.6 Å². The highest BCUT2D eigenvalue weighted by molar-refractivity contribution is 7.89. The predicted octanol–water partition coefficient (Wildman–Crippen LogP) is 2.62.